The summed E-state index contributed by atoms with van der Waals surface area (Å²) < 4.78 is 28.7. The van der Waals surface area contributed by atoms with Gasteiger partial charge in [-0.2, -0.15) is 9.37 Å². The molecule has 8 nitrogen and oxygen atoms in total. The lowest BCUT2D eigenvalue weighted by Crippen LogP contribution is -2.51. The molecule has 3 unspecified atom stereocenters. The smallest absolute Gasteiger partial charge is 0.289 e. The maximum Gasteiger partial charge on any atom is 0.289 e. The van der Waals surface area contributed by atoms with Crippen molar-refractivity contribution >= 4 is 15.7 Å². The van der Waals surface area contributed by atoms with Crippen LogP contribution in [0.2, 0.25) is 0 Å². The number of hydrogen-bond donors (Lipinski definition) is 0. The number of hydroxylamine groups is 2. The lowest BCUT2D eigenvalue weighted by Gasteiger charge is -2.36. The van der Waals surface area contributed by atoms with Crippen molar-refractivity contribution < 1.29 is 18.2 Å². The van der Waals surface area contributed by atoms with Crippen molar-refractivity contribution in [1.82, 2.24) is 9.37 Å². The molecule has 2 aromatic rings. The van der Waals surface area contributed by atoms with E-state index in [1.165, 1.54) is 28.6 Å². The number of nitro groups is 1. The molecule has 0 amide bonds. The van der Waals surface area contributed by atoms with Crippen molar-refractivity contribution in [2.75, 3.05) is 13.6 Å². The molecule has 0 spiro atoms. The number of nitro benzene ring substituents is 1. The van der Waals surface area contributed by atoms with Crippen LogP contribution in [0.4, 0.5) is 5.69 Å². The molecule has 2 aromatic carbocycles. The molecule has 154 valence electrons. The van der Waals surface area contributed by atoms with Crippen LogP contribution < -0.4 is 0 Å². The molecule has 0 aliphatic carbocycles. The van der Waals surface area contributed by atoms with Crippen LogP contribution in [0, 0.1) is 10.1 Å². The number of benzene rings is 2. The molecule has 0 N–H and O–H groups in total. The standard InChI is InChI=1S/C20H23N3O5S/c1-21-18-14-16(28-21)11-12-22(19(18)13-15-7-3-2-4-8-15)29(26,27)20-10-6-5-9-17(20)23(24)25/h2-10,16,18-19H,11-14H2,1H3. The van der Waals surface area contributed by atoms with Gasteiger partial charge in [0.1, 0.15) is 0 Å². The second-order valence-electron chi connectivity index (χ2n) is 7.46. The van der Waals surface area contributed by atoms with Gasteiger partial charge in [-0.25, -0.2) is 8.42 Å². The highest BCUT2D eigenvalue weighted by molar-refractivity contribution is 7.89. The first-order valence-electron chi connectivity index (χ1n) is 9.56. The van der Waals surface area contributed by atoms with Crippen molar-refractivity contribution in [2.24, 2.45) is 0 Å². The molecule has 2 bridgehead atoms. The predicted octanol–water partition coefficient (Wildman–Crippen LogP) is 2.60. The second-order valence-corrected chi connectivity index (χ2v) is 9.32. The van der Waals surface area contributed by atoms with E-state index in [1.807, 2.05) is 37.4 Å². The highest BCUT2D eigenvalue weighted by atomic mass is 32.2. The highest BCUT2D eigenvalue weighted by Gasteiger charge is 2.47. The number of likely N-dealkylation sites (N-methyl/N-ethyl adjacent to an activating group) is 1. The molecular formula is C20H23N3O5S. The van der Waals surface area contributed by atoms with Crippen LogP contribution >= 0.6 is 0 Å². The Morgan fingerprint density at radius 3 is 2.55 bits per heavy atom. The van der Waals surface area contributed by atoms with Gasteiger partial charge in [-0.15, -0.1) is 0 Å². The van der Waals surface area contributed by atoms with Crippen LogP contribution in [0.1, 0.15) is 18.4 Å². The van der Waals surface area contributed by atoms with E-state index in [1.54, 1.807) is 5.06 Å². The fourth-order valence-electron chi connectivity index (χ4n) is 4.32. The Morgan fingerprint density at radius 1 is 1.14 bits per heavy atom. The van der Waals surface area contributed by atoms with Crippen LogP contribution in [0.5, 0.6) is 0 Å². The van der Waals surface area contributed by atoms with Crippen molar-refractivity contribution in [3.8, 4) is 0 Å². The summed E-state index contributed by atoms with van der Waals surface area (Å²) in [5.74, 6) is 0. The zero-order chi connectivity index (χ0) is 20.6. The van der Waals surface area contributed by atoms with Gasteiger partial charge < -0.3 is 0 Å². The summed E-state index contributed by atoms with van der Waals surface area (Å²) in [6.45, 7) is 0.265. The van der Waals surface area contributed by atoms with Gasteiger partial charge in [-0.3, -0.25) is 15.0 Å². The average Bonchev–Trinajstić information content (AvgIpc) is 2.97. The minimum atomic E-state index is -4.07. The summed E-state index contributed by atoms with van der Waals surface area (Å²) in [6, 6.07) is 14.7. The molecule has 2 heterocycles. The van der Waals surface area contributed by atoms with Gasteiger partial charge >= 0.3 is 0 Å². The highest BCUT2D eigenvalue weighted by Crippen LogP contribution is 2.36. The lowest BCUT2D eigenvalue weighted by molar-refractivity contribution is -0.387. The van der Waals surface area contributed by atoms with Gasteiger partial charge in [-0.1, -0.05) is 42.5 Å². The number of para-hydroxylation sites is 1. The molecule has 2 aliphatic heterocycles. The zero-order valence-electron chi connectivity index (χ0n) is 16.0. The Balaban J connectivity index is 1.78. The quantitative estimate of drug-likeness (QED) is 0.548. The van der Waals surface area contributed by atoms with Gasteiger partial charge in [0.25, 0.3) is 5.69 Å². The predicted molar refractivity (Wildman–Crippen MR) is 107 cm³/mol. The zero-order valence-corrected chi connectivity index (χ0v) is 16.9. The lowest BCUT2D eigenvalue weighted by atomic mass is 9.97. The Kier molecular flexibility index (Phi) is 5.39. The molecule has 29 heavy (non-hydrogen) atoms. The number of rotatable bonds is 5. The summed E-state index contributed by atoms with van der Waals surface area (Å²) in [5, 5.41) is 13.2. The molecule has 9 heteroatoms. The maximum absolute atomic E-state index is 13.6. The van der Waals surface area contributed by atoms with Gasteiger partial charge in [0.15, 0.2) is 4.90 Å². The monoisotopic (exact) mass is 417 g/mol. The van der Waals surface area contributed by atoms with E-state index in [9.17, 15) is 18.5 Å². The molecule has 0 aromatic heterocycles. The van der Waals surface area contributed by atoms with E-state index in [-0.39, 0.29) is 29.6 Å². The first-order valence-corrected chi connectivity index (χ1v) is 11.0. The van der Waals surface area contributed by atoms with E-state index in [2.05, 4.69) is 0 Å². The van der Waals surface area contributed by atoms with Crippen LogP contribution in [0.15, 0.2) is 59.5 Å². The van der Waals surface area contributed by atoms with Gasteiger partial charge in [0.2, 0.25) is 10.0 Å². The largest absolute Gasteiger partial charge is 0.296 e. The third kappa shape index (κ3) is 3.78. The third-order valence-corrected chi connectivity index (χ3v) is 7.68. The molecule has 0 radical (unpaired) electrons. The molecule has 2 fully saturated rings. The first-order chi connectivity index (χ1) is 13.9. The Labute approximate surface area is 169 Å². The first kappa shape index (κ1) is 20.0. The summed E-state index contributed by atoms with van der Waals surface area (Å²) in [7, 11) is -2.24. The van der Waals surface area contributed by atoms with Crippen LogP contribution in [0.3, 0.4) is 0 Å². The molecule has 0 saturated carbocycles. The minimum Gasteiger partial charge on any atom is -0.296 e. The van der Waals surface area contributed by atoms with Crippen molar-refractivity contribution in [3.63, 3.8) is 0 Å². The summed E-state index contributed by atoms with van der Waals surface area (Å²) in [4.78, 5) is 16.4. The summed E-state index contributed by atoms with van der Waals surface area (Å²) >= 11 is 0. The SMILES string of the molecule is CN1OC2CCN(S(=O)(=O)c3ccccc3[N+](=O)[O-])C(Cc3ccccc3)C1C2. The topological polar surface area (TPSA) is 93.0 Å². The van der Waals surface area contributed by atoms with E-state index in [4.69, 9.17) is 4.84 Å². The fraction of sp³-hybridized carbons (Fsp3) is 0.400. The van der Waals surface area contributed by atoms with Gasteiger partial charge in [0, 0.05) is 25.7 Å². The Morgan fingerprint density at radius 2 is 1.83 bits per heavy atom. The number of sulfonamides is 1. The molecule has 2 saturated heterocycles. The third-order valence-electron chi connectivity index (χ3n) is 5.71. The van der Waals surface area contributed by atoms with Crippen molar-refractivity contribution in [1.29, 1.82) is 0 Å². The van der Waals surface area contributed by atoms with Gasteiger partial charge in [0.05, 0.1) is 17.1 Å². The van der Waals surface area contributed by atoms with E-state index < -0.39 is 20.6 Å². The summed E-state index contributed by atoms with van der Waals surface area (Å²) in [5.41, 5.74) is 0.615. The fourth-order valence-corrected chi connectivity index (χ4v) is 6.14. The molecular weight excluding hydrogens is 394 g/mol. The molecule has 3 atom stereocenters. The van der Waals surface area contributed by atoms with Gasteiger partial charge in [-0.05, 0) is 30.9 Å². The van der Waals surface area contributed by atoms with Crippen LogP contribution in [-0.4, -0.2) is 54.5 Å². The molecule has 4 rings (SSSR count). The van der Waals surface area contributed by atoms with Crippen molar-refractivity contribution in [3.05, 3.63) is 70.3 Å². The Hall–Kier alpha value is -2.33. The minimum absolute atomic E-state index is 0.0470. The number of fused-ring (bicyclic) bond motifs is 2. The average molecular weight is 417 g/mol. The maximum atomic E-state index is 13.6. The van der Waals surface area contributed by atoms with Crippen molar-refractivity contribution in [2.45, 2.75) is 42.3 Å². The van der Waals surface area contributed by atoms with E-state index >= 15 is 0 Å². The van der Waals surface area contributed by atoms with E-state index in [0.29, 0.717) is 12.8 Å². The summed E-state index contributed by atoms with van der Waals surface area (Å²) in [6.07, 6.45) is 1.74. The van der Waals surface area contributed by atoms with Crippen LogP contribution in [-0.2, 0) is 21.3 Å². The Bertz CT molecular complexity index is 998. The van der Waals surface area contributed by atoms with E-state index in [0.717, 1.165) is 12.0 Å². The van der Waals surface area contributed by atoms with Crippen LogP contribution in [0.25, 0.3) is 0 Å². The number of nitrogens with zero attached hydrogens (tertiary/aromatic N) is 3. The number of hydrogen-bond acceptors (Lipinski definition) is 6. The molecule has 2 aliphatic rings. The second kappa shape index (κ2) is 7.83. The normalized spacial score (nSPS) is 25.6.